The highest BCUT2D eigenvalue weighted by atomic mass is 16.2. The Morgan fingerprint density at radius 3 is 2.89 bits per heavy atom. The van der Waals surface area contributed by atoms with Crippen molar-refractivity contribution in [3.8, 4) is 0 Å². The Morgan fingerprint density at radius 1 is 1.53 bits per heavy atom. The van der Waals surface area contributed by atoms with Gasteiger partial charge in [0.05, 0.1) is 6.33 Å². The van der Waals surface area contributed by atoms with Gasteiger partial charge in [-0.2, -0.15) is 4.98 Å². The molecule has 0 fully saturated rings. The van der Waals surface area contributed by atoms with E-state index >= 15 is 0 Å². The van der Waals surface area contributed by atoms with Crippen LogP contribution in [-0.2, 0) is 11.3 Å². The molecule has 0 saturated carbocycles. The monoisotopic (exact) mass is 263 g/mol. The molecule has 2 rings (SSSR count). The molecule has 0 radical (unpaired) electrons. The van der Waals surface area contributed by atoms with E-state index in [9.17, 15) is 9.59 Å². The second kappa shape index (κ2) is 5.21. The van der Waals surface area contributed by atoms with E-state index in [0.29, 0.717) is 5.65 Å². The van der Waals surface area contributed by atoms with E-state index < -0.39 is 0 Å². The molecule has 0 aliphatic heterocycles. The Kier molecular flexibility index (Phi) is 3.64. The highest BCUT2D eigenvalue weighted by Gasteiger charge is 2.13. The van der Waals surface area contributed by atoms with Crippen molar-refractivity contribution in [3.63, 3.8) is 0 Å². The van der Waals surface area contributed by atoms with Crippen LogP contribution in [0.5, 0.6) is 0 Å². The van der Waals surface area contributed by atoms with Gasteiger partial charge in [0, 0.05) is 12.5 Å². The minimum absolute atomic E-state index is 0.161. The van der Waals surface area contributed by atoms with Crippen molar-refractivity contribution < 1.29 is 4.79 Å². The largest absolute Gasteiger partial charge is 0.315 e. The molecular formula is C12H17N5O2. The van der Waals surface area contributed by atoms with Crippen LogP contribution in [0.3, 0.4) is 0 Å². The number of hydrogen-bond donors (Lipinski definition) is 2. The van der Waals surface area contributed by atoms with E-state index in [-0.39, 0.29) is 28.8 Å². The Bertz CT molecular complexity index is 656. The molecule has 2 N–H and O–H groups in total. The molecule has 2 aromatic rings. The van der Waals surface area contributed by atoms with Gasteiger partial charge in [-0.1, -0.05) is 20.8 Å². The zero-order chi connectivity index (χ0) is 14.0. The number of aromatic amines is 1. The fraction of sp³-hybridized carbons (Fsp3) is 0.500. The van der Waals surface area contributed by atoms with Gasteiger partial charge in [-0.05, 0) is 6.42 Å². The first-order valence-electron chi connectivity index (χ1n) is 6.29. The number of amides is 1. The number of anilines is 1. The van der Waals surface area contributed by atoms with Gasteiger partial charge in [0.15, 0.2) is 11.2 Å². The summed E-state index contributed by atoms with van der Waals surface area (Å²) in [6.07, 6.45) is 2.50. The summed E-state index contributed by atoms with van der Waals surface area (Å²) in [7, 11) is 0. The van der Waals surface area contributed by atoms with Crippen LogP contribution in [-0.4, -0.2) is 25.4 Å². The predicted octanol–water partition coefficient (Wildman–Crippen LogP) is 1.12. The fourth-order valence-electron chi connectivity index (χ4n) is 1.68. The highest BCUT2D eigenvalue weighted by Crippen LogP contribution is 2.09. The number of aromatic nitrogens is 4. The minimum atomic E-state index is -0.348. The lowest BCUT2D eigenvalue weighted by Gasteiger charge is -2.07. The van der Waals surface area contributed by atoms with Gasteiger partial charge in [-0.25, -0.2) is 4.98 Å². The maximum absolute atomic E-state index is 11.8. The number of rotatable bonds is 4. The van der Waals surface area contributed by atoms with Crippen LogP contribution < -0.4 is 10.9 Å². The first kappa shape index (κ1) is 13.3. The van der Waals surface area contributed by atoms with E-state index in [1.807, 2.05) is 6.92 Å². The van der Waals surface area contributed by atoms with Crippen molar-refractivity contribution in [2.45, 2.75) is 33.7 Å². The van der Waals surface area contributed by atoms with Crippen LogP contribution in [0.15, 0.2) is 11.1 Å². The molecular weight excluding hydrogens is 246 g/mol. The molecule has 7 heteroatoms. The van der Waals surface area contributed by atoms with Crippen molar-refractivity contribution in [3.05, 3.63) is 16.7 Å². The maximum atomic E-state index is 11.8. The number of imidazole rings is 1. The summed E-state index contributed by atoms with van der Waals surface area (Å²) in [6.45, 7) is 6.30. The van der Waals surface area contributed by atoms with Crippen LogP contribution in [0.4, 0.5) is 5.95 Å². The molecule has 102 valence electrons. The average Bonchev–Trinajstić information content (AvgIpc) is 2.73. The molecule has 0 bridgehead atoms. The summed E-state index contributed by atoms with van der Waals surface area (Å²) in [6, 6.07) is 0. The Morgan fingerprint density at radius 2 is 2.26 bits per heavy atom. The summed E-state index contributed by atoms with van der Waals surface area (Å²) >= 11 is 0. The van der Waals surface area contributed by atoms with Crippen molar-refractivity contribution in [2.75, 3.05) is 5.32 Å². The van der Waals surface area contributed by atoms with Crippen LogP contribution in [0.1, 0.15) is 27.2 Å². The van der Waals surface area contributed by atoms with Crippen LogP contribution in [0, 0.1) is 5.92 Å². The van der Waals surface area contributed by atoms with E-state index in [0.717, 1.165) is 13.0 Å². The normalized spacial score (nSPS) is 11.2. The summed E-state index contributed by atoms with van der Waals surface area (Å²) in [5.74, 6) is -0.209. The van der Waals surface area contributed by atoms with E-state index in [2.05, 4.69) is 20.3 Å². The maximum Gasteiger partial charge on any atom is 0.280 e. The molecule has 2 aromatic heterocycles. The first-order chi connectivity index (χ1) is 9.02. The SMILES string of the molecule is CCCn1cnc2c(=O)[nH]c(NC(=O)C(C)C)nc21. The number of nitrogens with one attached hydrogen (secondary N) is 2. The lowest BCUT2D eigenvalue weighted by molar-refractivity contribution is -0.118. The van der Waals surface area contributed by atoms with Crippen molar-refractivity contribution in [2.24, 2.45) is 5.92 Å². The molecule has 0 unspecified atom stereocenters. The third-order valence-electron chi connectivity index (χ3n) is 2.71. The van der Waals surface area contributed by atoms with Crippen molar-refractivity contribution in [1.29, 1.82) is 0 Å². The summed E-state index contributed by atoms with van der Waals surface area (Å²) in [5.41, 5.74) is 0.430. The molecule has 0 spiro atoms. The van der Waals surface area contributed by atoms with Crippen LogP contribution in [0.2, 0.25) is 0 Å². The molecule has 0 saturated heterocycles. The predicted molar refractivity (Wildman–Crippen MR) is 71.9 cm³/mol. The number of fused-ring (bicyclic) bond motifs is 1. The number of carbonyl (C=O) groups is 1. The van der Waals surface area contributed by atoms with Gasteiger partial charge in [0.25, 0.3) is 5.56 Å². The number of hydrogen-bond acceptors (Lipinski definition) is 4. The van der Waals surface area contributed by atoms with Crippen LogP contribution >= 0.6 is 0 Å². The molecule has 1 amide bonds. The highest BCUT2D eigenvalue weighted by molar-refractivity contribution is 5.90. The zero-order valence-corrected chi connectivity index (χ0v) is 11.2. The molecule has 2 heterocycles. The van der Waals surface area contributed by atoms with E-state index in [1.54, 1.807) is 24.7 Å². The molecule has 0 atom stereocenters. The zero-order valence-electron chi connectivity index (χ0n) is 11.2. The number of H-pyrrole nitrogens is 1. The molecule has 0 aliphatic carbocycles. The smallest absolute Gasteiger partial charge is 0.280 e. The fourth-order valence-corrected chi connectivity index (χ4v) is 1.68. The molecule has 19 heavy (non-hydrogen) atoms. The number of aryl methyl sites for hydroxylation is 1. The van der Waals surface area contributed by atoms with Gasteiger partial charge in [0.2, 0.25) is 11.9 Å². The van der Waals surface area contributed by atoms with Gasteiger partial charge >= 0.3 is 0 Å². The van der Waals surface area contributed by atoms with Crippen molar-refractivity contribution >= 4 is 23.0 Å². The Balaban J connectivity index is 2.44. The van der Waals surface area contributed by atoms with Crippen LogP contribution in [0.25, 0.3) is 11.2 Å². The summed E-state index contributed by atoms with van der Waals surface area (Å²) in [5, 5.41) is 2.59. The average molecular weight is 263 g/mol. The molecule has 0 aromatic carbocycles. The lowest BCUT2D eigenvalue weighted by atomic mass is 10.2. The third-order valence-corrected chi connectivity index (χ3v) is 2.71. The standard InChI is InChI=1S/C12H17N5O2/c1-4-5-17-6-13-8-9(17)14-12(16-11(8)19)15-10(18)7(2)3/h6-7H,4-5H2,1-3H3,(H2,14,15,16,18,19). The quantitative estimate of drug-likeness (QED) is 0.864. The van der Waals surface area contributed by atoms with Gasteiger partial charge in [-0.15, -0.1) is 0 Å². The molecule has 7 nitrogen and oxygen atoms in total. The number of carbonyl (C=O) groups excluding carboxylic acids is 1. The topological polar surface area (TPSA) is 92.7 Å². The van der Waals surface area contributed by atoms with Crippen molar-refractivity contribution in [1.82, 2.24) is 19.5 Å². The van der Waals surface area contributed by atoms with E-state index in [4.69, 9.17) is 0 Å². The summed E-state index contributed by atoms with van der Waals surface area (Å²) < 4.78 is 1.80. The Labute approximate surface area is 110 Å². The first-order valence-corrected chi connectivity index (χ1v) is 6.29. The lowest BCUT2D eigenvalue weighted by Crippen LogP contribution is -2.22. The summed E-state index contributed by atoms with van der Waals surface area (Å²) in [4.78, 5) is 34.3. The van der Waals surface area contributed by atoms with Gasteiger partial charge in [0.1, 0.15) is 0 Å². The third kappa shape index (κ3) is 2.64. The molecule has 0 aliphatic rings. The number of nitrogens with zero attached hydrogens (tertiary/aromatic N) is 3. The van der Waals surface area contributed by atoms with Gasteiger partial charge < -0.3 is 4.57 Å². The minimum Gasteiger partial charge on any atom is -0.315 e. The second-order valence-electron chi connectivity index (χ2n) is 4.67. The van der Waals surface area contributed by atoms with E-state index in [1.165, 1.54) is 0 Å². The second-order valence-corrected chi connectivity index (χ2v) is 4.67. The van der Waals surface area contributed by atoms with Gasteiger partial charge in [-0.3, -0.25) is 19.9 Å². The Hall–Kier alpha value is -2.18.